The van der Waals surface area contributed by atoms with Gasteiger partial charge in [-0.1, -0.05) is 61.5 Å². The maximum atomic E-state index is 13.3. The van der Waals surface area contributed by atoms with Gasteiger partial charge < -0.3 is 15.0 Å². The maximum absolute atomic E-state index is 13.3. The molecule has 3 aliphatic rings. The SMILES string of the molecule is CCC1CC=C(c2ccc(-c3ccc(-c4cnc(C5CCCN5)[nH]4)cc3)cc2)N=C1C1CC(SC)CN1C(=O)OC(C)(C)C. The quantitative estimate of drug-likeness (QED) is 0.282. The Kier molecular flexibility index (Phi) is 9.01. The summed E-state index contributed by atoms with van der Waals surface area (Å²) in [5.41, 5.74) is 7.22. The Bertz CT molecular complexity index is 1510. The number of aromatic nitrogens is 2. The third-order valence-corrected chi connectivity index (χ3v) is 10.0. The first kappa shape index (κ1) is 30.7. The molecule has 3 aromatic rings. The van der Waals surface area contributed by atoms with Crippen molar-refractivity contribution in [3.05, 3.63) is 72.2 Å². The van der Waals surface area contributed by atoms with Crippen LogP contribution < -0.4 is 5.32 Å². The zero-order valence-corrected chi connectivity index (χ0v) is 27.4. The van der Waals surface area contributed by atoms with Crippen LogP contribution in [-0.2, 0) is 4.74 Å². The second-order valence-electron chi connectivity index (χ2n) is 13.2. The summed E-state index contributed by atoms with van der Waals surface area (Å²) < 4.78 is 5.83. The van der Waals surface area contributed by atoms with E-state index in [1.807, 2.05) is 43.6 Å². The van der Waals surface area contributed by atoms with Crippen molar-refractivity contribution in [2.75, 3.05) is 19.3 Å². The minimum absolute atomic E-state index is 0.0332. The molecule has 232 valence electrons. The third-order valence-electron chi connectivity index (χ3n) is 9.02. The van der Waals surface area contributed by atoms with Gasteiger partial charge in [0, 0.05) is 23.4 Å². The van der Waals surface area contributed by atoms with E-state index in [1.165, 1.54) is 17.5 Å². The number of nitrogens with zero attached hydrogens (tertiary/aromatic N) is 3. The van der Waals surface area contributed by atoms with Crippen LogP contribution in [-0.4, -0.2) is 62.9 Å². The van der Waals surface area contributed by atoms with E-state index in [0.717, 1.165) is 66.3 Å². The molecule has 3 aliphatic heterocycles. The number of amides is 1. The molecular weight excluding hydrogens is 566 g/mol. The topological polar surface area (TPSA) is 82.6 Å². The smallest absolute Gasteiger partial charge is 0.410 e. The summed E-state index contributed by atoms with van der Waals surface area (Å²) in [6.45, 7) is 9.76. The van der Waals surface area contributed by atoms with E-state index in [9.17, 15) is 4.79 Å². The minimum Gasteiger partial charge on any atom is -0.444 e. The summed E-state index contributed by atoms with van der Waals surface area (Å²) in [5, 5.41) is 3.89. The fourth-order valence-electron chi connectivity index (χ4n) is 6.58. The molecule has 0 saturated carbocycles. The van der Waals surface area contributed by atoms with Crippen LogP contribution >= 0.6 is 11.8 Å². The number of aliphatic imine (C=N–C) groups is 1. The number of rotatable bonds is 7. The summed E-state index contributed by atoms with van der Waals surface area (Å²) in [7, 11) is 0. The van der Waals surface area contributed by atoms with Crippen LogP contribution in [0.5, 0.6) is 0 Å². The predicted molar refractivity (Wildman–Crippen MR) is 182 cm³/mol. The van der Waals surface area contributed by atoms with E-state index in [4.69, 9.17) is 9.73 Å². The van der Waals surface area contributed by atoms with Gasteiger partial charge in [0.25, 0.3) is 0 Å². The standard InChI is InChI=1S/C36H45N5O2S/c1-6-23-17-18-29(39-33(23)32-20-28(44-5)22-41(32)35(42)43-36(2,3)4)26-13-9-24(10-14-26)25-11-15-27(16-12-25)31-21-38-34(40-31)30-8-7-19-37-30/h9-16,18,21,23,28,30,32,37H,6-8,17,19-20,22H2,1-5H3,(H,38,40). The van der Waals surface area contributed by atoms with E-state index in [1.54, 1.807) is 0 Å². The van der Waals surface area contributed by atoms with Crippen LogP contribution in [0.25, 0.3) is 28.1 Å². The van der Waals surface area contributed by atoms with Gasteiger partial charge in [0.1, 0.15) is 11.4 Å². The highest BCUT2D eigenvalue weighted by molar-refractivity contribution is 7.99. The van der Waals surface area contributed by atoms with Crippen LogP contribution in [0.4, 0.5) is 4.79 Å². The normalized spacial score (nSPS) is 23.9. The Labute approximate surface area is 266 Å². The van der Waals surface area contributed by atoms with Gasteiger partial charge in [-0.25, -0.2) is 9.78 Å². The van der Waals surface area contributed by atoms with Crippen molar-refractivity contribution < 1.29 is 9.53 Å². The average molecular weight is 612 g/mol. The van der Waals surface area contributed by atoms with Gasteiger partial charge >= 0.3 is 6.09 Å². The first-order valence-corrected chi connectivity index (χ1v) is 17.3. The van der Waals surface area contributed by atoms with Gasteiger partial charge in [0.2, 0.25) is 0 Å². The molecular formula is C36H45N5O2S. The lowest BCUT2D eigenvalue weighted by Gasteiger charge is -2.33. The zero-order valence-electron chi connectivity index (χ0n) is 26.6. The van der Waals surface area contributed by atoms with Gasteiger partial charge in [0.15, 0.2) is 0 Å². The first-order valence-electron chi connectivity index (χ1n) is 16.0. The number of likely N-dealkylation sites (tertiary alicyclic amines) is 1. The van der Waals surface area contributed by atoms with Crippen molar-refractivity contribution in [2.24, 2.45) is 10.9 Å². The summed E-state index contributed by atoms with van der Waals surface area (Å²) in [6.07, 6.45) is 11.3. The molecule has 44 heavy (non-hydrogen) atoms. The summed E-state index contributed by atoms with van der Waals surface area (Å²) in [5.74, 6) is 1.35. The maximum Gasteiger partial charge on any atom is 0.410 e. The van der Waals surface area contributed by atoms with Crippen LogP contribution in [0.15, 0.2) is 65.8 Å². The third kappa shape index (κ3) is 6.66. The minimum atomic E-state index is -0.528. The van der Waals surface area contributed by atoms with Crippen LogP contribution in [0, 0.1) is 5.92 Å². The van der Waals surface area contributed by atoms with Gasteiger partial charge in [-0.05, 0) is 87.9 Å². The second-order valence-corrected chi connectivity index (χ2v) is 14.3. The Balaban J connectivity index is 1.19. The second kappa shape index (κ2) is 12.9. The van der Waals surface area contributed by atoms with Crippen LogP contribution in [0.2, 0.25) is 0 Å². The van der Waals surface area contributed by atoms with E-state index in [2.05, 4.69) is 83.1 Å². The molecule has 8 heteroatoms. The summed E-state index contributed by atoms with van der Waals surface area (Å²) >= 11 is 1.82. The number of hydrogen-bond donors (Lipinski definition) is 2. The lowest BCUT2D eigenvalue weighted by molar-refractivity contribution is 0.0264. The van der Waals surface area contributed by atoms with Crippen molar-refractivity contribution >= 4 is 29.3 Å². The van der Waals surface area contributed by atoms with Crippen LogP contribution in [0.1, 0.15) is 77.2 Å². The monoisotopic (exact) mass is 611 g/mol. The molecule has 0 radical (unpaired) electrons. The number of aromatic amines is 1. The molecule has 2 saturated heterocycles. The van der Waals surface area contributed by atoms with E-state index in [0.29, 0.717) is 23.8 Å². The number of benzene rings is 2. The summed E-state index contributed by atoms with van der Waals surface area (Å²) in [6, 6.07) is 17.7. The van der Waals surface area contributed by atoms with Gasteiger partial charge in [0.05, 0.1) is 29.7 Å². The molecule has 2 N–H and O–H groups in total. The number of thioether (sulfide) groups is 1. The molecule has 0 aliphatic carbocycles. The summed E-state index contributed by atoms with van der Waals surface area (Å²) in [4.78, 5) is 28.6. The number of allylic oxidation sites excluding steroid dienone is 1. The molecule has 6 rings (SSSR count). The molecule has 1 amide bonds. The highest BCUT2D eigenvalue weighted by Gasteiger charge is 2.42. The molecule has 2 fully saturated rings. The first-order chi connectivity index (χ1) is 21.2. The lowest BCUT2D eigenvalue weighted by Crippen LogP contribution is -2.45. The van der Waals surface area contributed by atoms with Crippen molar-refractivity contribution in [1.82, 2.24) is 20.2 Å². The molecule has 1 aromatic heterocycles. The van der Waals surface area contributed by atoms with Gasteiger partial charge in [-0.3, -0.25) is 9.89 Å². The Morgan fingerprint density at radius 2 is 1.73 bits per heavy atom. The molecule has 4 atom stereocenters. The number of hydrogen-bond acceptors (Lipinski definition) is 6. The fourth-order valence-corrected chi connectivity index (χ4v) is 7.26. The van der Waals surface area contributed by atoms with Crippen molar-refractivity contribution in [1.29, 1.82) is 0 Å². The fraction of sp³-hybridized carbons (Fsp3) is 0.472. The highest BCUT2D eigenvalue weighted by atomic mass is 32.2. The molecule has 0 bridgehead atoms. The number of carbonyl (C=O) groups excluding carboxylic acids is 1. The highest BCUT2D eigenvalue weighted by Crippen LogP contribution is 2.36. The zero-order chi connectivity index (χ0) is 30.8. The average Bonchev–Trinajstić information content (AvgIpc) is 3.81. The molecule has 0 spiro atoms. The van der Waals surface area contributed by atoms with Crippen molar-refractivity contribution in [3.8, 4) is 22.4 Å². The van der Waals surface area contributed by atoms with E-state index < -0.39 is 5.60 Å². The predicted octanol–water partition coefficient (Wildman–Crippen LogP) is 8.12. The number of ether oxygens (including phenoxy) is 1. The molecule has 4 unspecified atom stereocenters. The Morgan fingerprint density at radius 3 is 2.34 bits per heavy atom. The van der Waals surface area contributed by atoms with E-state index >= 15 is 0 Å². The number of H-pyrrole nitrogens is 1. The Morgan fingerprint density at radius 1 is 1.05 bits per heavy atom. The van der Waals surface area contributed by atoms with Gasteiger partial charge in [-0.15, -0.1) is 0 Å². The number of nitrogens with one attached hydrogen (secondary N) is 2. The molecule has 2 aromatic carbocycles. The molecule has 7 nitrogen and oxygen atoms in total. The number of carbonyl (C=O) groups is 1. The van der Waals surface area contributed by atoms with Gasteiger partial charge in [-0.2, -0.15) is 11.8 Å². The van der Waals surface area contributed by atoms with Crippen LogP contribution in [0.3, 0.4) is 0 Å². The molecule has 4 heterocycles. The largest absolute Gasteiger partial charge is 0.444 e. The van der Waals surface area contributed by atoms with Crippen molar-refractivity contribution in [2.45, 2.75) is 82.7 Å². The lowest BCUT2D eigenvalue weighted by atomic mass is 9.87. The van der Waals surface area contributed by atoms with Crippen molar-refractivity contribution in [3.63, 3.8) is 0 Å². The Hall–Kier alpha value is -3.36. The van der Waals surface area contributed by atoms with E-state index in [-0.39, 0.29) is 12.1 Å². The number of imidazole rings is 1.